The van der Waals surface area contributed by atoms with E-state index in [1.54, 1.807) is 6.33 Å². The molecule has 1 aliphatic carbocycles. The molecule has 1 saturated carbocycles. The lowest BCUT2D eigenvalue weighted by Crippen LogP contribution is -2.43. The van der Waals surface area contributed by atoms with Crippen LogP contribution >= 0.6 is 0 Å². The molecule has 2 aliphatic rings. The van der Waals surface area contributed by atoms with Crippen LogP contribution in [0.2, 0.25) is 0 Å². The highest BCUT2D eigenvalue weighted by atomic mass is 16.3. The summed E-state index contributed by atoms with van der Waals surface area (Å²) in [5.41, 5.74) is 2.24. The Morgan fingerprint density at radius 2 is 2.20 bits per heavy atom. The second kappa shape index (κ2) is 5.58. The molecule has 1 aliphatic heterocycles. The molecule has 0 radical (unpaired) electrons. The maximum Gasteiger partial charge on any atom is 0.319 e. The number of aryl methyl sites for hydroxylation is 1. The fourth-order valence-corrected chi connectivity index (χ4v) is 3.23. The minimum Gasteiger partial charge on any atom is -0.440 e. The zero-order chi connectivity index (χ0) is 16.8. The molecule has 2 aromatic heterocycles. The minimum absolute atomic E-state index is 0.0460. The molecule has 0 bridgehead atoms. The van der Waals surface area contributed by atoms with Gasteiger partial charge in [-0.15, -0.1) is 0 Å². The first-order chi connectivity index (χ1) is 12.2. The third kappa shape index (κ3) is 2.84. The van der Waals surface area contributed by atoms with Crippen LogP contribution in [0.4, 0.5) is 10.5 Å². The van der Waals surface area contributed by atoms with Crippen molar-refractivity contribution in [1.29, 1.82) is 0 Å². The van der Waals surface area contributed by atoms with E-state index < -0.39 is 0 Å². The third-order valence-corrected chi connectivity index (χ3v) is 4.73. The van der Waals surface area contributed by atoms with E-state index in [0.29, 0.717) is 23.7 Å². The van der Waals surface area contributed by atoms with Gasteiger partial charge < -0.3 is 15.1 Å². The number of rotatable bonds is 3. The maximum absolute atomic E-state index is 12.3. The van der Waals surface area contributed by atoms with E-state index in [2.05, 4.69) is 25.7 Å². The molecule has 1 atom stereocenters. The second-order valence-corrected chi connectivity index (χ2v) is 6.70. The summed E-state index contributed by atoms with van der Waals surface area (Å²) in [6.45, 7) is 0.647. The van der Waals surface area contributed by atoms with Crippen molar-refractivity contribution in [2.45, 2.75) is 44.2 Å². The topological polar surface area (TPSA) is 97.9 Å². The molecule has 0 spiro atoms. The van der Waals surface area contributed by atoms with Crippen molar-refractivity contribution < 1.29 is 9.21 Å². The highest BCUT2D eigenvalue weighted by Crippen LogP contribution is 2.40. The molecule has 25 heavy (non-hydrogen) atoms. The van der Waals surface area contributed by atoms with E-state index in [1.807, 2.05) is 22.9 Å². The van der Waals surface area contributed by atoms with E-state index in [4.69, 9.17) is 4.42 Å². The number of nitrogens with zero attached hydrogens (tertiary/aromatic N) is 4. The number of hydrogen-bond acceptors (Lipinski definition) is 5. The summed E-state index contributed by atoms with van der Waals surface area (Å²) in [5, 5.41) is 10.0. The lowest BCUT2D eigenvalue weighted by atomic mass is 10.1. The highest BCUT2D eigenvalue weighted by Gasteiger charge is 2.29. The minimum atomic E-state index is -0.227. The van der Waals surface area contributed by atoms with Gasteiger partial charge in [-0.2, -0.15) is 5.10 Å². The van der Waals surface area contributed by atoms with Crippen LogP contribution in [0, 0.1) is 0 Å². The van der Waals surface area contributed by atoms with Crippen LogP contribution in [0.1, 0.15) is 36.9 Å². The van der Waals surface area contributed by atoms with Gasteiger partial charge in [-0.3, -0.25) is 0 Å². The number of carbonyl (C=O) groups excluding carboxylic acids is 1. The molecule has 8 heteroatoms. The third-order valence-electron chi connectivity index (χ3n) is 4.73. The second-order valence-electron chi connectivity index (χ2n) is 6.70. The Labute approximate surface area is 143 Å². The van der Waals surface area contributed by atoms with Gasteiger partial charge in [0.05, 0.1) is 12.6 Å². The van der Waals surface area contributed by atoms with Crippen LogP contribution < -0.4 is 10.6 Å². The molecule has 5 rings (SSSR count). The van der Waals surface area contributed by atoms with Gasteiger partial charge in [0.15, 0.2) is 11.5 Å². The number of oxazole rings is 1. The van der Waals surface area contributed by atoms with Crippen LogP contribution in [-0.4, -0.2) is 31.8 Å². The van der Waals surface area contributed by atoms with E-state index >= 15 is 0 Å². The van der Waals surface area contributed by atoms with Gasteiger partial charge in [-0.25, -0.2) is 19.4 Å². The van der Waals surface area contributed by atoms with Crippen molar-refractivity contribution in [1.82, 2.24) is 25.1 Å². The molecular formula is C17H18N6O2. The zero-order valence-electron chi connectivity index (χ0n) is 13.6. The number of carbonyl (C=O) groups is 1. The van der Waals surface area contributed by atoms with E-state index in [-0.39, 0.29) is 12.1 Å². The van der Waals surface area contributed by atoms with Crippen molar-refractivity contribution in [3.8, 4) is 0 Å². The Kier molecular flexibility index (Phi) is 3.22. The normalized spacial score (nSPS) is 19.6. The molecule has 2 N–H and O–H groups in total. The highest BCUT2D eigenvalue weighted by molar-refractivity contribution is 5.91. The number of anilines is 1. The molecule has 1 fully saturated rings. The van der Waals surface area contributed by atoms with E-state index in [1.165, 1.54) is 0 Å². The molecule has 8 nitrogen and oxygen atoms in total. The molecule has 0 saturated heterocycles. The van der Waals surface area contributed by atoms with Crippen molar-refractivity contribution in [2.24, 2.45) is 0 Å². The largest absolute Gasteiger partial charge is 0.440 e. The Morgan fingerprint density at radius 1 is 1.28 bits per heavy atom. The van der Waals surface area contributed by atoms with Crippen LogP contribution in [0.3, 0.4) is 0 Å². The van der Waals surface area contributed by atoms with Crippen LogP contribution in [0.25, 0.3) is 11.1 Å². The lowest BCUT2D eigenvalue weighted by molar-refractivity contribution is 0.243. The Bertz CT molecular complexity index is 942. The van der Waals surface area contributed by atoms with Gasteiger partial charge in [0.1, 0.15) is 17.7 Å². The first-order valence-electron chi connectivity index (χ1n) is 8.59. The summed E-state index contributed by atoms with van der Waals surface area (Å²) in [5.74, 6) is 2.25. The number of benzene rings is 1. The number of aromatic nitrogens is 4. The first-order valence-corrected chi connectivity index (χ1v) is 8.59. The average molecular weight is 338 g/mol. The molecule has 3 aromatic rings. The summed E-state index contributed by atoms with van der Waals surface area (Å²) in [4.78, 5) is 21.0. The van der Waals surface area contributed by atoms with Crippen molar-refractivity contribution >= 4 is 22.8 Å². The van der Waals surface area contributed by atoms with Crippen molar-refractivity contribution in [3.63, 3.8) is 0 Å². The van der Waals surface area contributed by atoms with Crippen LogP contribution in [0.15, 0.2) is 28.9 Å². The fourth-order valence-electron chi connectivity index (χ4n) is 3.23. The predicted octanol–water partition coefficient (Wildman–Crippen LogP) is 2.43. The van der Waals surface area contributed by atoms with E-state index in [9.17, 15) is 4.79 Å². The molecule has 3 heterocycles. The number of nitrogens with one attached hydrogen (secondary N) is 2. The van der Waals surface area contributed by atoms with Crippen LogP contribution in [0.5, 0.6) is 0 Å². The summed E-state index contributed by atoms with van der Waals surface area (Å²) < 4.78 is 7.63. The monoisotopic (exact) mass is 338 g/mol. The fraction of sp³-hybridized carbons (Fsp3) is 0.412. The summed E-state index contributed by atoms with van der Waals surface area (Å²) in [6, 6.07) is 5.36. The summed E-state index contributed by atoms with van der Waals surface area (Å²) in [6.07, 6.45) is 5.53. The molecular weight excluding hydrogens is 320 g/mol. The van der Waals surface area contributed by atoms with Gasteiger partial charge in [0.25, 0.3) is 0 Å². The lowest BCUT2D eigenvalue weighted by Gasteiger charge is -2.23. The number of amides is 2. The van der Waals surface area contributed by atoms with Gasteiger partial charge in [-0.1, -0.05) is 0 Å². The summed E-state index contributed by atoms with van der Waals surface area (Å²) >= 11 is 0. The molecule has 1 aromatic carbocycles. The molecule has 128 valence electrons. The Morgan fingerprint density at radius 3 is 3.08 bits per heavy atom. The van der Waals surface area contributed by atoms with E-state index in [0.717, 1.165) is 42.9 Å². The summed E-state index contributed by atoms with van der Waals surface area (Å²) in [7, 11) is 0. The number of hydrogen-bond donors (Lipinski definition) is 2. The standard InChI is InChI=1S/C17H18N6O2/c24-17(21-12-4-6-15-18-9-19-23(15)8-12)20-11-3-5-13-14(7-11)25-16(22-13)10-1-2-10/h3,5,7,9-10,12H,1-2,4,6,8H2,(H2,20,21,24)/t12-/m0/s1. The molecule has 2 amide bonds. The van der Waals surface area contributed by atoms with Crippen molar-refractivity contribution in [3.05, 3.63) is 36.2 Å². The molecule has 0 unspecified atom stereocenters. The Hall–Kier alpha value is -2.90. The van der Waals surface area contributed by atoms with Gasteiger partial charge in [0.2, 0.25) is 0 Å². The predicted molar refractivity (Wildman–Crippen MR) is 90.3 cm³/mol. The van der Waals surface area contributed by atoms with Crippen molar-refractivity contribution in [2.75, 3.05) is 5.32 Å². The van der Waals surface area contributed by atoms with Gasteiger partial charge >= 0.3 is 6.03 Å². The van der Waals surface area contributed by atoms with Gasteiger partial charge in [0, 0.05) is 24.1 Å². The SMILES string of the molecule is O=C(Nc1ccc2nc(C3CC3)oc2c1)N[C@H]1CCc2ncnn2C1. The quantitative estimate of drug-likeness (QED) is 0.764. The number of fused-ring (bicyclic) bond motifs is 2. The average Bonchev–Trinajstić information content (AvgIpc) is 3.20. The maximum atomic E-state index is 12.3. The smallest absolute Gasteiger partial charge is 0.319 e. The first kappa shape index (κ1) is 14.4. The van der Waals surface area contributed by atoms with Gasteiger partial charge in [-0.05, 0) is 31.4 Å². The Balaban J connectivity index is 1.25. The van der Waals surface area contributed by atoms with Crippen LogP contribution in [-0.2, 0) is 13.0 Å². The number of urea groups is 1. The zero-order valence-corrected chi connectivity index (χ0v) is 13.6.